The van der Waals surface area contributed by atoms with Crippen LogP contribution in [0.25, 0.3) is 0 Å². The molecule has 2 atom stereocenters. The molecule has 0 aliphatic carbocycles. The Morgan fingerprint density at radius 2 is 2.00 bits per heavy atom. The van der Waals surface area contributed by atoms with E-state index in [0.717, 1.165) is 5.57 Å². The number of nitrogens with zero attached hydrogens (tertiary/aromatic N) is 1. The summed E-state index contributed by atoms with van der Waals surface area (Å²) in [6, 6.07) is 4.03. The first-order valence-corrected chi connectivity index (χ1v) is 8.83. The maximum absolute atomic E-state index is 12.5. The quantitative estimate of drug-likeness (QED) is 0.712. The van der Waals surface area contributed by atoms with Gasteiger partial charge in [0.25, 0.3) is 5.91 Å². The van der Waals surface area contributed by atoms with Crippen molar-refractivity contribution in [2.24, 2.45) is 0 Å². The third kappa shape index (κ3) is 4.20. The van der Waals surface area contributed by atoms with Crippen molar-refractivity contribution in [2.45, 2.75) is 26.1 Å². The van der Waals surface area contributed by atoms with Crippen LogP contribution in [0.2, 0.25) is 10.0 Å². The van der Waals surface area contributed by atoms with Gasteiger partial charge in [-0.25, -0.2) is 4.79 Å². The van der Waals surface area contributed by atoms with Gasteiger partial charge >= 0.3 is 5.97 Å². The van der Waals surface area contributed by atoms with Crippen molar-refractivity contribution in [2.75, 3.05) is 27.4 Å². The highest BCUT2D eigenvalue weighted by molar-refractivity contribution is 6.35. The van der Waals surface area contributed by atoms with Gasteiger partial charge in [0, 0.05) is 29.3 Å². The van der Waals surface area contributed by atoms with Gasteiger partial charge < -0.3 is 14.4 Å². The van der Waals surface area contributed by atoms with E-state index >= 15 is 0 Å². The van der Waals surface area contributed by atoms with Crippen molar-refractivity contribution in [1.82, 2.24) is 10.2 Å². The third-order valence-electron chi connectivity index (χ3n) is 4.47. The molecule has 2 unspecified atom stereocenters. The highest BCUT2D eigenvalue weighted by atomic mass is 35.5. The number of rotatable bonds is 7. The lowest BCUT2D eigenvalue weighted by Crippen LogP contribution is -2.49. The summed E-state index contributed by atoms with van der Waals surface area (Å²) >= 11 is 12.2. The summed E-state index contributed by atoms with van der Waals surface area (Å²) in [4.78, 5) is 26.6. The number of halogens is 2. The van der Waals surface area contributed by atoms with E-state index in [4.69, 9.17) is 32.7 Å². The molecule has 8 heteroatoms. The van der Waals surface area contributed by atoms with Gasteiger partial charge in [-0.3, -0.25) is 10.1 Å². The summed E-state index contributed by atoms with van der Waals surface area (Å²) in [5.74, 6) is -0.603. The SMILES string of the molecule is COCCN1C(=O)C(C)=C(C)C1NC(C(=O)OC)c1ccc(Cl)cc1Cl. The van der Waals surface area contributed by atoms with E-state index in [9.17, 15) is 9.59 Å². The number of hydrogen-bond donors (Lipinski definition) is 1. The van der Waals surface area contributed by atoms with Gasteiger partial charge in [-0.2, -0.15) is 0 Å². The fraction of sp³-hybridized carbons (Fsp3) is 0.444. The summed E-state index contributed by atoms with van der Waals surface area (Å²) in [5.41, 5.74) is 2.01. The van der Waals surface area contributed by atoms with Crippen LogP contribution in [0.3, 0.4) is 0 Å². The van der Waals surface area contributed by atoms with Gasteiger partial charge in [-0.1, -0.05) is 29.3 Å². The minimum Gasteiger partial charge on any atom is -0.468 e. The predicted octanol–water partition coefficient (Wildman–Crippen LogP) is 2.95. The van der Waals surface area contributed by atoms with E-state index in [1.165, 1.54) is 7.11 Å². The molecule has 0 radical (unpaired) electrons. The van der Waals surface area contributed by atoms with Crippen molar-refractivity contribution in [3.05, 3.63) is 45.0 Å². The molecular weight excluding hydrogens is 379 g/mol. The molecule has 1 aromatic carbocycles. The van der Waals surface area contributed by atoms with Gasteiger partial charge in [0.2, 0.25) is 0 Å². The normalized spacial score (nSPS) is 18.5. The minimum atomic E-state index is -0.853. The number of nitrogens with one attached hydrogen (secondary N) is 1. The van der Waals surface area contributed by atoms with Crippen LogP contribution < -0.4 is 5.32 Å². The van der Waals surface area contributed by atoms with Gasteiger partial charge in [0.15, 0.2) is 0 Å². The van der Waals surface area contributed by atoms with Crippen LogP contribution in [0, 0.1) is 0 Å². The molecule has 6 nitrogen and oxygen atoms in total. The minimum absolute atomic E-state index is 0.0946. The largest absolute Gasteiger partial charge is 0.468 e. The topological polar surface area (TPSA) is 67.9 Å². The zero-order valence-electron chi connectivity index (χ0n) is 15.1. The molecule has 1 aliphatic heterocycles. The number of carbonyl (C=O) groups excluding carboxylic acids is 2. The molecule has 0 fully saturated rings. The third-order valence-corrected chi connectivity index (χ3v) is 5.03. The monoisotopic (exact) mass is 400 g/mol. The molecule has 1 amide bonds. The number of methoxy groups -OCH3 is 2. The molecule has 1 aliphatic rings. The van der Waals surface area contributed by atoms with Gasteiger partial charge in [0.1, 0.15) is 12.2 Å². The summed E-state index contributed by atoms with van der Waals surface area (Å²) in [6.45, 7) is 4.40. The zero-order valence-corrected chi connectivity index (χ0v) is 16.6. The highest BCUT2D eigenvalue weighted by Gasteiger charge is 2.38. The number of hydrogen-bond acceptors (Lipinski definition) is 5. The van der Waals surface area contributed by atoms with E-state index in [2.05, 4.69) is 5.32 Å². The lowest BCUT2D eigenvalue weighted by Gasteiger charge is -2.30. The summed E-state index contributed by atoms with van der Waals surface area (Å²) in [6.07, 6.45) is -0.464. The van der Waals surface area contributed by atoms with Crippen molar-refractivity contribution in [3.63, 3.8) is 0 Å². The molecule has 142 valence electrons. The summed E-state index contributed by atoms with van der Waals surface area (Å²) in [5, 5.41) is 4.01. The first-order chi connectivity index (χ1) is 12.3. The van der Waals surface area contributed by atoms with Crippen LogP contribution in [0.5, 0.6) is 0 Å². The van der Waals surface area contributed by atoms with E-state index in [0.29, 0.717) is 34.3 Å². The molecule has 0 aromatic heterocycles. The molecule has 0 saturated heterocycles. The first-order valence-electron chi connectivity index (χ1n) is 8.07. The van der Waals surface area contributed by atoms with Gasteiger partial charge in [-0.15, -0.1) is 0 Å². The van der Waals surface area contributed by atoms with Crippen molar-refractivity contribution >= 4 is 35.1 Å². The Kier molecular flexibility index (Phi) is 7.06. The van der Waals surface area contributed by atoms with Crippen LogP contribution in [-0.2, 0) is 19.1 Å². The Balaban J connectivity index is 2.37. The second-order valence-electron chi connectivity index (χ2n) is 5.99. The Morgan fingerprint density at radius 3 is 2.58 bits per heavy atom. The average molecular weight is 401 g/mol. The predicted molar refractivity (Wildman–Crippen MR) is 100 cm³/mol. The Labute approximate surface area is 163 Å². The van der Waals surface area contributed by atoms with Crippen LogP contribution in [-0.4, -0.2) is 50.3 Å². The maximum Gasteiger partial charge on any atom is 0.327 e. The Hall–Kier alpha value is -1.60. The Morgan fingerprint density at radius 1 is 1.31 bits per heavy atom. The van der Waals surface area contributed by atoms with Crippen LogP contribution in [0.15, 0.2) is 29.3 Å². The number of esters is 1. The molecule has 1 heterocycles. The molecular formula is C18H22Cl2N2O4. The first kappa shape index (κ1) is 20.7. The highest BCUT2D eigenvalue weighted by Crippen LogP contribution is 2.30. The standard InChI is InChI=1S/C18H22Cl2N2O4/c1-10-11(2)17(23)22(7-8-25-3)16(10)21-15(18(24)26-4)13-6-5-12(19)9-14(13)20/h5-6,9,15-16,21H,7-8H2,1-4H3. The molecule has 0 saturated carbocycles. The molecule has 2 rings (SSSR count). The maximum atomic E-state index is 12.5. The van der Waals surface area contributed by atoms with E-state index in [1.807, 2.05) is 6.92 Å². The van der Waals surface area contributed by atoms with E-state index < -0.39 is 18.2 Å². The smallest absolute Gasteiger partial charge is 0.327 e. The number of ether oxygens (including phenoxy) is 2. The van der Waals surface area contributed by atoms with E-state index in [-0.39, 0.29) is 5.91 Å². The van der Waals surface area contributed by atoms with Crippen molar-refractivity contribution in [3.8, 4) is 0 Å². The fourth-order valence-corrected chi connectivity index (χ4v) is 3.39. The fourth-order valence-electron chi connectivity index (χ4n) is 2.87. The molecule has 26 heavy (non-hydrogen) atoms. The second kappa shape index (κ2) is 8.86. The van der Waals surface area contributed by atoms with Crippen molar-refractivity contribution in [1.29, 1.82) is 0 Å². The zero-order chi connectivity index (χ0) is 19.4. The molecule has 1 N–H and O–H groups in total. The second-order valence-corrected chi connectivity index (χ2v) is 6.83. The molecule has 0 bridgehead atoms. The average Bonchev–Trinajstić information content (AvgIpc) is 2.81. The Bertz CT molecular complexity index is 736. The molecule has 0 spiro atoms. The lowest BCUT2D eigenvalue weighted by atomic mass is 10.1. The van der Waals surface area contributed by atoms with Gasteiger partial charge in [0.05, 0.1) is 13.7 Å². The number of amides is 1. The van der Waals surface area contributed by atoms with Gasteiger partial charge in [-0.05, 0) is 37.1 Å². The summed E-state index contributed by atoms with van der Waals surface area (Å²) in [7, 11) is 2.87. The van der Waals surface area contributed by atoms with Crippen LogP contribution in [0.1, 0.15) is 25.5 Å². The van der Waals surface area contributed by atoms with Crippen LogP contribution >= 0.6 is 23.2 Å². The lowest BCUT2D eigenvalue weighted by molar-refractivity contribution is -0.144. The van der Waals surface area contributed by atoms with Crippen molar-refractivity contribution < 1.29 is 19.1 Å². The summed E-state index contributed by atoms with van der Waals surface area (Å²) < 4.78 is 10.0. The number of benzene rings is 1. The molecule has 1 aromatic rings. The van der Waals surface area contributed by atoms with Crippen LogP contribution in [0.4, 0.5) is 0 Å². The number of carbonyl (C=O) groups is 2. The van der Waals surface area contributed by atoms with E-state index in [1.54, 1.807) is 37.1 Å².